The molecular formula is C14H20IN7O2. The van der Waals surface area contributed by atoms with Crippen LogP contribution in [0.5, 0.6) is 0 Å². The maximum Gasteiger partial charge on any atom is 0.274 e. The summed E-state index contributed by atoms with van der Waals surface area (Å²) >= 11 is 0. The highest BCUT2D eigenvalue weighted by atomic mass is 127. The van der Waals surface area contributed by atoms with Gasteiger partial charge in [-0.2, -0.15) is 5.10 Å². The second kappa shape index (κ2) is 9.80. The smallest absolute Gasteiger partial charge is 0.274 e. The van der Waals surface area contributed by atoms with Crippen molar-refractivity contribution in [3.8, 4) is 0 Å². The van der Waals surface area contributed by atoms with Crippen LogP contribution in [0.1, 0.15) is 18.3 Å². The Labute approximate surface area is 156 Å². The Kier molecular flexibility index (Phi) is 8.09. The quantitative estimate of drug-likeness (QED) is 0.230. The zero-order valence-electron chi connectivity index (χ0n) is 13.5. The van der Waals surface area contributed by atoms with Crippen LogP contribution in [0.3, 0.4) is 0 Å². The van der Waals surface area contributed by atoms with Gasteiger partial charge >= 0.3 is 0 Å². The zero-order valence-corrected chi connectivity index (χ0v) is 15.8. The van der Waals surface area contributed by atoms with Crippen molar-refractivity contribution in [1.82, 2.24) is 25.4 Å². The van der Waals surface area contributed by atoms with E-state index < -0.39 is 4.92 Å². The summed E-state index contributed by atoms with van der Waals surface area (Å²) in [6.07, 6.45) is 1.48. The molecule has 24 heavy (non-hydrogen) atoms. The van der Waals surface area contributed by atoms with Gasteiger partial charge in [-0.05, 0) is 6.92 Å². The van der Waals surface area contributed by atoms with Gasteiger partial charge in [-0.15, -0.1) is 24.0 Å². The van der Waals surface area contributed by atoms with Gasteiger partial charge in [-0.3, -0.25) is 14.8 Å². The molecule has 0 unspecified atom stereocenters. The Bertz CT molecular complexity index is 702. The number of para-hydroxylation sites is 1. The molecule has 2 N–H and O–H groups in total. The highest BCUT2D eigenvalue weighted by Gasteiger charge is 2.11. The summed E-state index contributed by atoms with van der Waals surface area (Å²) in [6.45, 7) is 3.30. The molecule has 0 amide bonds. The van der Waals surface area contributed by atoms with Crippen molar-refractivity contribution in [2.75, 3.05) is 6.54 Å². The fourth-order valence-electron chi connectivity index (χ4n) is 1.97. The number of hydrogen-bond acceptors (Lipinski definition) is 5. The molecular weight excluding hydrogens is 425 g/mol. The lowest BCUT2D eigenvalue weighted by molar-refractivity contribution is -0.385. The average Bonchev–Trinajstić information content (AvgIpc) is 2.95. The molecule has 0 saturated carbocycles. The van der Waals surface area contributed by atoms with E-state index in [1.807, 2.05) is 6.92 Å². The van der Waals surface area contributed by atoms with Gasteiger partial charge < -0.3 is 10.6 Å². The van der Waals surface area contributed by atoms with Crippen LogP contribution in [-0.4, -0.2) is 32.2 Å². The number of aryl methyl sites for hydroxylation is 1. The maximum absolute atomic E-state index is 11.0. The van der Waals surface area contributed by atoms with E-state index in [0.29, 0.717) is 24.6 Å². The molecule has 0 atom stereocenters. The van der Waals surface area contributed by atoms with E-state index in [9.17, 15) is 10.1 Å². The van der Waals surface area contributed by atoms with Gasteiger partial charge in [0.1, 0.15) is 12.2 Å². The highest BCUT2D eigenvalue weighted by Crippen LogP contribution is 2.18. The van der Waals surface area contributed by atoms with E-state index in [1.165, 1.54) is 12.4 Å². The number of nitrogens with zero attached hydrogens (tertiary/aromatic N) is 5. The van der Waals surface area contributed by atoms with Crippen molar-refractivity contribution in [1.29, 1.82) is 0 Å². The number of benzene rings is 1. The minimum Gasteiger partial charge on any atom is -0.357 e. The minimum absolute atomic E-state index is 0. The van der Waals surface area contributed by atoms with Gasteiger partial charge in [0.15, 0.2) is 5.96 Å². The Balaban J connectivity index is 0.00000288. The number of rotatable bonds is 6. The topological polar surface area (TPSA) is 110 Å². The van der Waals surface area contributed by atoms with Gasteiger partial charge in [-0.25, -0.2) is 9.98 Å². The summed E-state index contributed by atoms with van der Waals surface area (Å²) in [6, 6.07) is 6.58. The van der Waals surface area contributed by atoms with Crippen molar-refractivity contribution < 1.29 is 4.92 Å². The first-order chi connectivity index (χ1) is 11.1. The van der Waals surface area contributed by atoms with Crippen LogP contribution in [0.4, 0.5) is 5.69 Å². The molecule has 130 valence electrons. The molecule has 10 heteroatoms. The fourth-order valence-corrected chi connectivity index (χ4v) is 1.97. The van der Waals surface area contributed by atoms with E-state index in [4.69, 9.17) is 0 Å². The predicted molar refractivity (Wildman–Crippen MR) is 101 cm³/mol. The summed E-state index contributed by atoms with van der Waals surface area (Å²) in [5, 5.41) is 21.2. The number of hydrogen-bond donors (Lipinski definition) is 2. The van der Waals surface area contributed by atoms with Crippen molar-refractivity contribution in [3.63, 3.8) is 0 Å². The molecule has 0 saturated heterocycles. The molecule has 0 aliphatic carbocycles. The Hall–Kier alpha value is -2.24. The Morgan fingerprint density at radius 3 is 2.75 bits per heavy atom. The average molecular weight is 445 g/mol. The molecule has 0 aliphatic heterocycles. The SMILES string of the molecule is CCNC(=NCc1ccccc1[N+](=O)[O-])NCc1ncnn1C.I. The molecule has 1 heterocycles. The minimum atomic E-state index is -0.398. The summed E-state index contributed by atoms with van der Waals surface area (Å²) in [5.74, 6) is 1.33. The van der Waals surface area contributed by atoms with Crippen molar-refractivity contribution in [3.05, 3.63) is 52.1 Å². The second-order valence-corrected chi connectivity index (χ2v) is 4.73. The number of nitrogens with one attached hydrogen (secondary N) is 2. The first-order valence-electron chi connectivity index (χ1n) is 7.19. The van der Waals surface area contributed by atoms with Crippen LogP contribution < -0.4 is 10.6 Å². The summed E-state index contributed by atoms with van der Waals surface area (Å²) in [5.41, 5.74) is 0.633. The molecule has 2 aromatic rings. The third-order valence-electron chi connectivity index (χ3n) is 3.16. The predicted octanol–water partition coefficient (Wildman–Crippen LogP) is 1.60. The summed E-state index contributed by atoms with van der Waals surface area (Å²) in [7, 11) is 1.81. The van der Waals surface area contributed by atoms with Crippen molar-refractivity contribution >= 4 is 35.6 Å². The van der Waals surface area contributed by atoms with Crippen LogP contribution in [0.15, 0.2) is 35.6 Å². The lowest BCUT2D eigenvalue weighted by atomic mass is 10.2. The van der Waals surface area contributed by atoms with Crippen LogP contribution in [-0.2, 0) is 20.1 Å². The molecule has 9 nitrogen and oxygen atoms in total. The Morgan fingerprint density at radius 2 is 2.12 bits per heavy atom. The van der Waals surface area contributed by atoms with Crippen molar-refractivity contribution in [2.45, 2.75) is 20.0 Å². The highest BCUT2D eigenvalue weighted by molar-refractivity contribution is 14.0. The molecule has 0 radical (unpaired) electrons. The van der Waals surface area contributed by atoms with E-state index in [2.05, 4.69) is 25.7 Å². The second-order valence-electron chi connectivity index (χ2n) is 4.73. The van der Waals surface area contributed by atoms with E-state index in [1.54, 1.807) is 29.9 Å². The normalized spacial score (nSPS) is 10.8. The largest absolute Gasteiger partial charge is 0.357 e. The maximum atomic E-state index is 11.0. The molecule has 2 rings (SSSR count). The zero-order chi connectivity index (χ0) is 16.7. The summed E-state index contributed by atoms with van der Waals surface area (Å²) < 4.78 is 1.67. The van der Waals surface area contributed by atoms with Gasteiger partial charge in [0, 0.05) is 19.7 Å². The van der Waals surface area contributed by atoms with Gasteiger partial charge in [0.25, 0.3) is 5.69 Å². The number of nitro benzene ring substituents is 1. The van der Waals surface area contributed by atoms with E-state index in [-0.39, 0.29) is 36.2 Å². The van der Waals surface area contributed by atoms with Gasteiger partial charge in [0.05, 0.1) is 23.6 Å². The molecule has 0 bridgehead atoms. The fraction of sp³-hybridized carbons (Fsp3) is 0.357. The first kappa shape index (κ1) is 19.8. The molecule has 1 aromatic carbocycles. The van der Waals surface area contributed by atoms with E-state index in [0.717, 1.165) is 5.82 Å². The molecule has 0 spiro atoms. The lowest BCUT2D eigenvalue weighted by Crippen LogP contribution is -2.37. The molecule has 0 aliphatic rings. The number of halogens is 1. The first-order valence-corrected chi connectivity index (χ1v) is 7.19. The number of aromatic nitrogens is 3. The van der Waals surface area contributed by atoms with Crippen LogP contribution in [0.2, 0.25) is 0 Å². The molecule has 1 aromatic heterocycles. The van der Waals surface area contributed by atoms with Gasteiger partial charge in [-0.1, -0.05) is 18.2 Å². The van der Waals surface area contributed by atoms with Crippen LogP contribution >= 0.6 is 24.0 Å². The third kappa shape index (κ3) is 5.44. The number of aliphatic imine (C=N–C) groups is 1. The monoisotopic (exact) mass is 445 g/mol. The van der Waals surface area contributed by atoms with Crippen LogP contribution in [0, 0.1) is 10.1 Å². The standard InChI is InChI=1S/C14H19N7O2.HI/c1-3-15-14(17-9-13-18-10-19-20(13)2)16-8-11-6-4-5-7-12(11)21(22)23;/h4-7,10H,3,8-9H2,1-2H3,(H2,15,16,17);1H. The number of guanidine groups is 1. The molecule has 0 fully saturated rings. The summed E-state index contributed by atoms with van der Waals surface area (Å²) in [4.78, 5) is 19.1. The van der Waals surface area contributed by atoms with Gasteiger partial charge in [0.2, 0.25) is 0 Å². The van der Waals surface area contributed by atoms with Crippen molar-refractivity contribution in [2.24, 2.45) is 12.0 Å². The number of nitro groups is 1. The lowest BCUT2D eigenvalue weighted by Gasteiger charge is -2.10. The van der Waals surface area contributed by atoms with E-state index >= 15 is 0 Å². The Morgan fingerprint density at radius 1 is 1.38 bits per heavy atom. The van der Waals surface area contributed by atoms with Crippen LogP contribution in [0.25, 0.3) is 0 Å². The third-order valence-corrected chi connectivity index (χ3v) is 3.16.